The van der Waals surface area contributed by atoms with E-state index >= 15 is 0 Å². The number of carboxylic acids is 1. The normalized spacial score (nSPS) is 17.3. The van der Waals surface area contributed by atoms with Gasteiger partial charge in [-0.15, -0.1) is 0 Å². The van der Waals surface area contributed by atoms with Gasteiger partial charge in [0.25, 0.3) is 0 Å². The molecule has 0 aliphatic carbocycles. The highest BCUT2D eigenvalue weighted by molar-refractivity contribution is 6.02. The lowest BCUT2D eigenvalue weighted by atomic mass is 9.85. The van der Waals surface area contributed by atoms with E-state index in [0.29, 0.717) is 0 Å². The maximum Gasteiger partial charge on any atom is 0.335 e. The number of rotatable bonds is 5. The Morgan fingerprint density at radius 1 is 1.03 bits per heavy atom. The molecule has 6 nitrogen and oxygen atoms in total. The van der Waals surface area contributed by atoms with Crippen LogP contribution < -0.4 is 0 Å². The molecule has 2 aliphatic heterocycles. The van der Waals surface area contributed by atoms with E-state index in [-0.39, 0.29) is 17.0 Å². The first kappa shape index (κ1) is 22.5. The molecule has 3 heterocycles. The number of nitrogens with zero attached hydrogens (tertiary/aromatic N) is 2. The van der Waals surface area contributed by atoms with E-state index in [2.05, 4.69) is 33.4 Å². The zero-order chi connectivity index (χ0) is 24.7. The van der Waals surface area contributed by atoms with Crippen LogP contribution in [0, 0.1) is 5.82 Å². The molecule has 2 N–H and O–H groups in total. The number of carboxylic acid groups (broad SMARTS) is 1. The van der Waals surface area contributed by atoms with Crippen molar-refractivity contribution in [1.29, 1.82) is 0 Å². The molecule has 1 saturated heterocycles. The molecule has 0 unspecified atom stereocenters. The van der Waals surface area contributed by atoms with Gasteiger partial charge in [-0.05, 0) is 52.6 Å². The monoisotopic (exact) mass is 483 g/mol. The Morgan fingerprint density at radius 2 is 1.75 bits per heavy atom. The molecule has 0 bridgehead atoms. The number of aromatic amines is 1. The van der Waals surface area contributed by atoms with Gasteiger partial charge in [0.15, 0.2) is 0 Å². The van der Waals surface area contributed by atoms with Crippen LogP contribution in [0.2, 0.25) is 0 Å². The highest BCUT2D eigenvalue weighted by atomic mass is 19.1. The molecule has 0 atom stereocenters. The number of benzene rings is 3. The molecule has 0 saturated carbocycles. The third-order valence-corrected chi connectivity index (χ3v) is 7.41. The van der Waals surface area contributed by atoms with E-state index < -0.39 is 5.97 Å². The number of oxime groups is 1. The highest BCUT2D eigenvalue weighted by Gasteiger charge is 2.42. The third-order valence-electron chi connectivity index (χ3n) is 7.41. The fraction of sp³-hybridized carbons (Fsp3) is 0.241. The van der Waals surface area contributed by atoms with Gasteiger partial charge < -0.3 is 14.9 Å². The van der Waals surface area contributed by atoms with Crippen LogP contribution in [0.3, 0.4) is 0 Å². The van der Waals surface area contributed by atoms with Crippen LogP contribution in [-0.4, -0.2) is 45.4 Å². The van der Waals surface area contributed by atoms with E-state index in [9.17, 15) is 9.18 Å². The molecule has 3 aromatic carbocycles. The Balaban J connectivity index is 1.14. The van der Waals surface area contributed by atoms with Gasteiger partial charge in [0, 0.05) is 56.0 Å². The van der Waals surface area contributed by atoms with E-state index in [4.69, 9.17) is 9.94 Å². The maximum atomic E-state index is 13.5. The first-order valence-corrected chi connectivity index (χ1v) is 12.2. The van der Waals surface area contributed by atoms with Gasteiger partial charge in [-0.2, -0.15) is 0 Å². The summed E-state index contributed by atoms with van der Waals surface area (Å²) in [5.74, 6) is -1.17. The van der Waals surface area contributed by atoms with Crippen LogP contribution in [0.5, 0.6) is 0 Å². The lowest BCUT2D eigenvalue weighted by Crippen LogP contribution is -2.44. The molecule has 182 valence electrons. The summed E-state index contributed by atoms with van der Waals surface area (Å²) < 4.78 is 13.5. The molecule has 1 aromatic heterocycles. The van der Waals surface area contributed by atoms with Crippen molar-refractivity contribution >= 4 is 22.6 Å². The molecule has 2 aliphatic rings. The number of likely N-dealkylation sites (tertiary alicyclic amines) is 1. The number of piperidine rings is 1. The molecular weight excluding hydrogens is 457 g/mol. The summed E-state index contributed by atoms with van der Waals surface area (Å²) in [5.41, 5.74) is 6.16. The van der Waals surface area contributed by atoms with Crippen LogP contribution >= 0.6 is 0 Å². The van der Waals surface area contributed by atoms with Gasteiger partial charge in [-0.25, -0.2) is 9.18 Å². The predicted molar refractivity (Wildman–Crippen MR) is 137 cm³/mol. The largest absolute Gasteiger partial charge is 0.478 e. The Morgan fingerprint density at radius 3 is 2.47 bits per heavy atom. The maximum absolute atomic E-state index is 13.5. The first-order valence-electron chi connectivity index (χ1n) is 12.2. The van der Waals surface area contributed by atoms with Crippen molar-refractivity contribution in [1.82, 2.24) is 9.88 Å². The summed E-state index contributed by atoms with van der Waals surface area (Å²) in [5, 5.41) is 14.7. The van der Waals surface area contributed by atoms with Crippen molar-refractivity contribution in [2.45, 2.75) is 31.4 Å². The fourth-order valence-corrected chi connectivity index (χ4v) is 5.36. The first-order chi connectivity index (χ1) is 17.5. The second kappa shape index (κ2) is 8.91. The summed E-state index contributed by atoms with van der Waals surface area (Å²) in [7, 11) is 0. The summed E-state index contributed by atoms with van der Waals surface area (Å²) in [6.45, 7) is 2.61. The lowest BCUT2D eigenvalue weighted by Gasteiger charge is -2.37. The van der Waals surface area contributed by atoms with Crippen molar-refractivity contribution in [3.05, 3.63) is 95.4 Å². The fourth-order valence-electron chi connectivity index (χ4n) is 5.36. The second-order valence-electron chi connectivity index (χ2n) is 9.70. The van der Waals surface area contributed by atoms with Crippen LogP contribution in [0.1, 0.15) is 40.7 Å². The van der Waals surface area contributed by atoms with E-state index in [0.717, 1.165) is 66.8 Å². The van der Waals surface area contributed by atoms with Gasteiger partial charge in [-0.3, -0.25) is 4.90 Å². The molecular formula is C29H26FN3O3. The van der Waals surface area contributed by atoms with E-state index in [1.54, 1.807) is 24.3 Å². The van der Waals surface area contributed by atoms with Crippen molar-refractivity contribution in [3.63, 3.8) is 0 Å². The number of H-pyrrole nitrogens is 1. The van der Waals surface area contributed by atoms with E-state index in [1.807, 2.05) is 18.2 Å². The number of nitrogens with one attached hydrogen (secondary N) is 1. The number of carbonyl (C=O) groups is 1. The van der Waals surface area contributed by atoms with Crippen LogP contribution in [0.25, 0.3) is 22.0 Å². The highest BCUT2D eigenvalue weighted by Crippen LogP contribution is 2.38. The molecule has 6 rings (SSSR count). The minimum Gasteiger partial charge on any atom is -0.478 e. The Bertz CT molecular complexity index is 1450. The van der Waals surface area contributed by atoms with Crippen LogP contribution in [0.4, 0.5) is 4.39 Å². The standard InChI is InChI=1S/C29H26FN3O3/c30-23-10-8-19(9-11-23)24-2-1-3-25-27(24)22(17-31-25)18-33-14-12-29(13-15-33)16-26(32-36-29)20-4-6-21(7-5-20)28(34)35/h1-11,17,31H,12-16,18H2,(H,34,35). The Kier molecular flexibility index (Phi) is 5.57. The van der Waals surface area contributed by atoms with Crippen LogP contribution in [-0.2, 0) is 11.4 Å². The smallest absolute Gasteiger partial charge is 0.335 e. The number of hydrogen-bond acceptors (Lipinski definition) is 4. The number of aromatic nitrogens is 1. The summed E-state index contributed by atoms with van der Waals surface area (Å²) in [6, 6.07) is 19.7. The van der Waals surface area contributed by atoms with Gasteiger partial charge in [0.05, 0.1) is 11.3 Å². The van der Waals surface area contributed by atoms with Gasteiger partial charge in [0.2, 0.25) is 0 Å². The summed E-state index contributed by atoms with van der Waals surface area (Å²) in [4.78, 5) is 22.9. The molecule has 1 fully saturated rings. The molecule has 0 radical (unpaired) electrons. The lowest BCUT2D eigenvalue weighted by molar-refractivity contribution is -0.0626. The number of hydrogen-bond donors (Lipinski definition) is 2. The Labute approximate surface area is 208 Å². The van der Waals surface area contributed by atoms with Gasteiger partial charge >= 0.3 is 5.97 Å². The average molecular weight is 484 g/mol. The van der Waals surface area contributed by atoms with E-state index in [1.165, 1.54) is 23.1 Å². The number of aromatic carboxylic acids is 1. The summed E-state index contributed by atoms with van der Waals surface area (Å²) in [6.07, 6.45) is 4.56. The van der Waals surface area contributed by atoms with Gasteiger partial charge in [-0.1, -0.05) is 41.6 Å². The molecule has 36 heavy (non-hydrogen) atoms. The van der Waals surface area contributed by atoms with Crippen LogP contribution in [0.15, 0.2) is 78.1 Å². The number of halogens is 1. The number of fused-ring (bicyclic) bond motifs is 1. The zero-order valence-electron chi connectivity index (χ0n) is 19.7. The van der Waals surface area contributed by atoms with Crippen molar-refractivity contribution in [3.8, 4) is 11.1 Å². The minimum atomic E-state index is -0.935. The second-order valence-corrected chi connectivity index (χ2v) is 9.70. The predicted octanol–water partition coefficient (Wildman–Crippen LogP) is 5.83. The molecule has 7 heteroatoms. The molecule has 0 amide bonds. The van der Waals surface area contributed by atoms with Crippen molar-refractivity contribution in [2.75, 3.05) is 13.1 Å². The van der Waals surface area contributed by atoms with Crippen molar-refractivity contribution in [2.24, 2.45) is 5.16 Å². The zero-order valence-corrected chi connectivity index (χ0v) is 19.7. The minimum absolute atomic E-state index is 0.235. The quantitative estimate of drug-likeness (QED) is 0.374. The Hall–Kier alpha value is -3.97. The van der Waals surface area contributed by atoms with Crippen molar-refractivity contribution < 1.29 is 19.1 Å². The molecule has 4 aromatic rings. The third kappa shape index (κ3) is 4.16. The van der Waals surface area contributed by atoms with Gasteiger partial charge in [0.1, 0.15) is 11.4 Å². The summed E-state index contributed by atoms with van der Waals surface area (Å²) >= 11 is 0. The molecule has 1 spiro atoms. The SMILES string of the molecule is O=C(O)c1ccc(C2=NOC3(CCN(Cc4c[nH]c5cccc(-c6ccc(F)cc6)c45)CC3)C2)cc1. The average Bonchev–Trinajstić information content (AvgIpc) is 3.51. The topological polar surface area (TPSA) is 77.9 Å².